The van der Waals surface area contributed by atoms with Crippen molar-refractivity contribution >= 4 is 28.1 Å². The molecule has 0 aliphatic rings. The number of amides is 1. The molecule has 17 heavy (non-hydrogen) atoms. The Labute approximate surface area is 103 Å². The zero-order valence-corrected chi connectivity index (χ0v) is 10.7. The van der Waals surface area contributed by atoms with Gasteiger partial charge in [-0.3, -0.25) is 9.00 Å². The summed E-state index contributed by atoms with van der Waals surface area (Å²) < 4.78 is 11.1. The van der Waals surface area contributed by atoms with Crippen LogP contribution in [0.5, 0.6) is 0 Å². The average Bonchev–Trinajstić information content (AvgIpc) is 2.19. The number of nitrogens with one attached hydrogen (secondary N) is 1. The van der Waals surface area contributed by atoms with Crippen molar-refractivity contribution in [2.75, 3.05) is 23.1 Å². The predicted molar refractivity (Wildman–Crippen MR) is 71.4 cm³/mol. The van der Waals surface area contributed by atoms with E-state index in [2.05, 4.69) is 5.32 Å². The van der Waals surface area contributed by atoms with Gasteiger partial charge < -0.3 is 16.8 Å². The van der Waals surface area contributed by atoms with Gasteiger partial charge in [0.2, 0.25) is 0 Å². The lowest BCUT2D eigenvalue weighted by molar-refractivity contribution is 0.100. The molecule has 5 N–H and O–H groups in total. The maximum atomic E-state index is 11.2. The molecule has 2 unspecified atom stereocenters. The standard InChI is InChI=1S/C11H17N3O2S/c1-7(6-17(2)16)14-10-8(11(13)15)4-3-5-9(10)12/h3-5,7,14H,6,12H2,1-2H3,(H2,13,15). The highest BCUT2D eigenvalue weighted by atomic mass is 32.2. The quantitative estimate of drug-likeness (QED) is 0.669. The molecule has 1 amide bonds. The number of hydrogen-bond acceptors (Lipinski definition) is 4. The van der Waals surface area contributed by atoms with E-state index in [0.29, 0.717) is 22.7 Å². The maximum absolute atomic E-state index is 11.2. The number of carbonyl (C=O) groups is 1. The van der Waals surface area contributed by atoms with Crippen molar-refractivity contribution in [3.63, 3.8) is 0 Å². The number of anilines is 2. The second kappa shape index (κ2) is 5.67. The van der Waals surface area contributed by atoms with E-state index in [1.54, 1.807) is 24.5 Å². The van der Waals surface area contributed by atoms with E-state index in [1.807, 2.05) is 6.92 Å². The van der Waals surface area contributed by atoms with E-state index in [1.165, 1.54) is 0 Å². The molecule has 5 nitrogen and oxygen atoms in total. The first-order valence-electron chi connectivity index (χ1n) is 5.16. The fourth-order valence-electron chi connectivity index (χ4n) is 1.58. The molecule has 0 spiro atoms. The summed E-state index contributed by atoms with van der Waals surface area (Å²) in [5.74, 6) is -0.0587. The van der Waals surface area contributed by atoms with Crippen molar-refractivity contribution in [3.05, 3.63) is 23.8 Å². The Morgan fingerprint density at radius 3 is 2.71 bits per heavy atom. The van der Waals surface area contributed by atoms with Crippen LogP contribution >= 0.6 is 0 Å². The smallest absolute Gasteiger partial charge is 0.250 e. The second-order valence-electron chi connectivity index (χ2n) is 3.92. The van der Waals surface area contributed by atoms with E-state index in [9.17, 15) is 9.00 Å². The van der Waals surface area contributed by atoms with Crippen LogP contribution in [0.2, 0.25) is 0 Å². The van der Waals surface area contributed by atoms with Gasteiger partial charge in [0.05, 0.1) is 16.9 Å². The molecule has 0 aliphatic carbocycles. The largest absolute Gasteiger partial charge is 0.397 e. The Hall–Kier alpha value is -1.56. The number of benzene rings is 1. The van der Waals surface area contributed by atoms with Gasteiger partial charge in [0.25, 0.3) is 5.91 Å². The van der Waals surface area contributed by atoms with Gasteiger partial charge in [0.15, 0.2) is 0 Å². The lowest BCUT2D eigenvalue weighted by Crippen LogP contribution is -2.25. The SMILES string of the molecule is CC(CS(C)=O)Nc1c(N)cccc1C(N)=O. The van der Waals surface area contributed by atoms with Crippen LogP contribution in [0, 0.1) is 0 Å². The lowest BCUT2D eigenvalue weighted by atomic mass is 10.1. The summed E-state index contributed by atoms with van der Waals surface area (Å²) in [4.78, 5) is 11.2. The third kappa shape index (κ3) is 3.74. The van der Waals surface area contributed by atoms with Crippen LogP contribution in [0.4, 0.5) is 11.4 Å². The van der Waals surface area contributed by atoms with E-state index < -0.39 is 16.7 Å². The predicted octanol–water partition coefficient (Wildman–Crippen LogP) is 0.547. The summed E-state index contributed by atoms with van der Waals surface area (Å²) in [5.41, 5.74) is 12.4. The maximum Gasteiger partial charge on any atom is 0.250 e. The van der Waals surface area contributed by atoms with Gasteiger partial charge in [0, 0.05) is 28.9 Å². The molecule has 6 heteroatoms. The van der Waals surface area contributed by atoms with Crippen LogP contribution in [0.3, 0.4) is 0 Å². The Morgan fingerprint density at radius 1 is 1.53 bits per heavy atom. The number of nitrogens with two attached hydrogens (primary N) is 2. The first kappa shape index (κ1) is 13.5. The molecule has 0 saturated carbocycles. The minimum atomic E-state index is -0.913. The van der Waals surface area contributed by atoms with Crippen molar-refractivity contribution in [2.24, 2.45) is 5.73 Å². The van der Waals surface area contributed by atoms with Crippen LogP contribution in [-0.2, 0) is 10.8 Å². The van der Waals surface area contributed by atoms with Crippen molar-refractivity contribution in [1.29, 1.82) is 0 Å². The summed E-state index contributed by atoms with van der Waals surface area (Å²) in [6, 6.07) is 4.91. The average molecular weight is 255 g/mol. The first-order valence-corrected chi connectivity index (χ1v) is 6.89. The highest BCUT2D eigenvalue weighted by molar-refractivity contribution is 7.84. The minimum Gasteiger partial charge on any atom is -0.397 e. The van der Waals surface area contributed by atoms with Crippen molar-refractivity contribution in [2.45, 2.75) is 13.0 Å². The van der Waals surface area contributed by atoms with Gasteiger partial charge in [0.1, 0.15) is 0 Å². The number of rotatable bonds is 5. The van der Waals surface area contributed by atoms with E-state index in [-0.39, 0.29) is 6.04 Å². The summed E-state index contributed by atoms with van der Waals surface area (Å²) >= 11 is 0. The molecule has 0 saturated heterocycles. The van der Waals surface area contributed by atoms with E-state index in [4.69, 9.17) is 11.5 Å². The van der Waals surface area contributed by atoms with Gasteiger partial charge in [-0.05, 0) is 19.1 Å². The molecule has 94 valence electrons. The first-order chi connectivity index (χ1) is 7.91. The zero-order chi connectivity index (χ0) is 13.0. The van der Waals surface area contributed by atoms with Crippen molar-refractivity contribution in [3.8, 4) is 0 Å². The molecule has 0 aromatic heterocycles. The van der Waals surface area contributed by atoms with Crippen LogP contribution < -0.4 is 16.8 Å². The van der Waals surface area contributed by atoms with Gasteiger partial charge in [-0.15, -0.1) is 0 Å². The number of primary amides is 1. The van der Waals surface area contributed by atoms with Gasteiger partial charge in [-0.1, -0.05) is 6.07 Å². The molecule has 0 fully saturated rings. The summed E-state index contributed by atoms with van der Waals surface area (Å²) in [5, 5.41) is 3.07. The van der Waals surface area contributed by atoms with Gasteiger partial charge in [-0.2, -0.15) is 0 Å². The molecular formula is C11H17N3O2S. The van der Waals surface area contributed by atoms with Gasteiger partial charge in [-0.25, -0.2) is 0 Å². The van der Waals surface area contributed by atoms with Crippen LogP contribution in [0.15, 0.2) is 18.2 Å². The van der Waals surface area contributed by atoms with Crippen LogP contribution in [0.25, 0.3) is 0 Å². The monoisotopic (exact) mass is 255 g/mol. The molecule has 0 radical (unpaired) electrons. The Kier molecular flexibility index (Phi) is 4.51. The Balaban J connectivity index is 2.96. The lowest BCUT2D eigenvalue weighted by Gasteiger charge is -2.17. The molecular weight excluding hydrogens is 238 g/mol. The zero-order valence-electron chi connectivity index (χ0n) is 9.90. The fourth-order valence-corrected chi connectivity index (χ4v) is 2.36. The third-order valence-corrected chi connectivity index (χ3v) is 3.21. The summed E-state index contributed by atoms with van der Waals surface area (Å²) in [7, 11) is -0.913. The Bertz CT molecular complexity index is 448. The van der Waals surface area contributed by atoms with Crippen molar-refractivity contribution in [1.82, 2.24) is 0 Å². The van der Waals surface area contributed by atoms with E-state index >= 15 is 0 Å². The molecule has 0 heterocycles. The number of nitrogen functional groups attached to an aromatic ring is 1. The normalized spacial score (nSPS) is 14.0. The number of hydrogen-bond donors (Lipinski definition) is 3. The minimum absolute atomic E-state index is 0.0522. The summed E-state index contributed by atoms with van der Waals surface area (Å²) in [6.07, 6.45) is 1.63. The van der Waals surface area contributed by atoms with Crippen LogP contribution in [-0.4, -0.2) is 28.2 Å². The van der Waals surface area contributed by atoms with E-state index in [0.717, 1.165) is 0 Å². The second-order valence-corrected chi connectivity index (χ2v) is 5.40. The fraction of sp³-hybridized carbons (Fsp3) is 0.364. The molecule has 2 atom stereocenters. The number of para-hydroxylation sites is 1. The molecule has 1 rings (SSSR count). The molecule has 0 bridgehead atoms. The molecule has 1 aromatic rings. The van der Waals surface area contributed by atoms with Gasteiger partial charge >= 0.3 is 0 Å². The summed E-state index contributed by atoms with van der Waals surface area (Å²) in [6.45, 7) is 1.87. The van der Waals surface area contributed by atoms with Crippen molar-refractivity contribution < 1.29 is 9.00 Å². The third-order valence-electron chi connectivity index (χ3n) is 2.24. The van der Waals surface area contributed by atoms with Crippen LogP contribution in [0.1, 0.15) is 17.3 Å². The Morgan fingerprint density at radius 2 is 2.18 bits per heavy atom. The highest BCUT2D eigenvalue weighted by Crippen LogP contribution is 2.23. The molecule has 0 aliphatic heterocycles. The highest BCUT2D eigenvalue weighted by Gasteiger charge is 2.13. The molecule has 1 aromatic carbocycles. The topological polar surface area (TPSA) is 98.2 Å². The number of carbonyl (C=O) groups excluding carboxylic acids is 1.